The third-order valence-electron chi connectivity index (χ3n) is 1.59. The van der Waals surface area contributed by atoms with E-state index in [-0.39, 0.29) is 6.09 Å². The third kappa shape index (κ3) is 7.38. The summed E-state index contributed by atoms with van der Waals surface area (Å²) in [6.45, 7) is 4.66. The Labute approximate surface area is 96.2 Å². The molecule has 0 aromatic heterocycles. The van der Waals surface area contributed by atoms with Crippen molar-refractivity contribution in [3.8, 4) is 0 Å². The summed E-state index contributed by atoms with van der Waals surface area (Å²) >= 11 is 5.41. The maximum atomic E-state index is 11.2. The lowest BCUT2D eigenvalue weighted by atomic mass is 10.4. The van der Waals surface area contributed by atoms with Gasteiger partial charge in [0.2, 0.25) is 0 Å². The Balaban J connectivity index is 3.44. The molecule has 0 aliphatic carbocycles. The first kappa shape index (κ1) is 14.0. The normalized spacial score (nSPS) is 9.93. The molecule has 0 bridgehead atoms. The lowest BCUT2D eigenvalue weighted by Gasteiger charge is -2.13. The predicted molar refractivity (Wildman–Crippen MR) is 64.4 cm³/mol. The molecule has 14 heavy (non-hydrogen) atoms. The number of hydrogen-bond donors (Lipinski definition) is 1. The van der Waals surface area contributed by atoms with Gasteiger partial charge < -0.3 is 4.74 Å². The van der Waals surface area contributed by atoms with E-state index < -0.39 is 0 Å². The van der Waals surface area contributed by atoms with Crippen LogP contribution in [0, 0.1) is 0 Å². The Kier molecular flexibility index (Phi) is 9.50. The van der Waals surface area contributed by atoms with Gasteiger partial charge in [0.15, 0.2) is 0 Å². The molecular weight excluding hydrogens is 218 g/mol. The number of nitrogens with zero attached hydrogens (tertiary/aromatic N) is 1. The Bertz CT molecular complexity index is 156. The van der Waals surface area contributed by atoms with E-state index in [1.54, 1.807) is 0 Å². The highest BCUT2D eigenvalue weighted by Gasteiger charge is 2.10. The Morgan fingerprint density at radius 2 is 2.00 bits per heavy atom. The number of carbonyl (C=O) groups is 1. The van der Waals surface area contributed by atoms with E-state index in [2.05, 4.69) is 26.7 Å². The van der Waals surface area contributed by atoms with Crippen LogP contribution in [0.2, 0.25) is 0 Å². The molecule has 0 aliphatic heterocycles. The van der Waals surface area contributed by atoms with Gasteiger partial charge in [-0.25, -0.2) is 4.79 Å². The SMILES string of the molecule is CCCCOC(=O)N(S)SCCCC. The highest BCUT2D eigenvalue weighted by atomic mass is 32.2. The van der Waals surface area contributed by atoms with Crippen LogP contribution in [0.4, 0.5) is 4.79 Å². The molecule has 5 heteroatoms. The minimum Gasteiger partial charge on any atom is -0.448 e. The van der Waals surface area contributed by atoms with Crippen LogP contribution >= 0.6 is 24.8 Å². The van der Waals surface area contributed by atoms with Crippen molar-refractivity contribution >= 4 is 30.9 Å². The first-order chi connectivity index (χ1) is 6.72. The Hall–Kier alpha value is -0.0300. The highest BCUT2D eigenvalue weighted by Crippen LogP contribution is 2.16. The molecule has 0 heterocycles. The number of rotatable bonds is 7. The van der Waals surface area contributed by atoms with Crippen molar-refractivity contribution in [3.63, 3.8) is 0 Å². The summed E-state index contributed by atoms with van der Waals surface area (Å²) in [5.74, 6) is 0.906. The molecule has 0 aromatic carbocycles. The molecule has 0 spiro atoms. The van der Waals surface area contributed by atoms with Crippen molar-refractivity contribution in [2.45, 2.75) is 39.5 Å². The standard InChI is InChI=1S/C9H19NO2S2/c1-3-5-7-12-9(11)10(13)14-8-6-4-2/h13H,3-8H2,1-2H3. The number of carbonyl (C=O) groups excluding carboxylic acids is 1. The van der Waals surface area contributed by atoms with Gasteiger partial charge >= 0.3 is 6.09 Å². The van der Waals surface area contributed by atoms with Gasteiger partial charge in [-0.2, -0.15) is 3.71 Å². The van der Waals surface area contributed by atoms with Crippen LogP contribution in [0.1, 0.15) is 39.5 Å². The summed E-state index contributed by atoms with van der Waals surface area (Å²) in [5.41, 5.74) is 0. The monoisotopic (exact) mass is 237 g/mol. The van der Waals surface area contributed by atoms with Gasteiger partial charge in [0, 0.05) is 5.75 Å². The van der Waals surface area contributed by atoms with Crippen molar-refractivity contribution < 1.29 is 9.53 Å². The van der Waals surface area contributed by atoms with Crippen molar-refractivity contribution in [2.24, 2.45) is 0 Å². The van der Waals surface area contributed by atoms with Gasteiger partial charge in [0.1, 0.15) is 0 Å². The van der Waals surface area contributed by atoms with Crippen molar-refractivity contribution in [2.75, 3.05) is 12.4 Å². The van der Waals surface area contributed by atoms with Crippen LogP contribution in [0.5, 0.6) is 0 Å². The molecule has 1 amide bonds. The second kappa shape index (κ2) is 9.52. The van der Waals surface area contributed by atoms with Gasteiger partial charge in [-0.3, -0.25) is 0 Å². The molecule has 0 unspecified atom stereocenters. The van der Waals surface area contributed by atoms with E-state index in [1.807, 2.05) is 0 Å². The molecule has 0 aliphatic rings. The zero-order valence-corrected chi connectivity index (χ0v) is 10.6. The number of hydrogen-bond acceptors (Lipinski definition) is 4. The number of ether oxygens (including phenoxy) is 1. The smallest absolute Gasteiger partial charge is 0.430 e. The first-order valence-corrected chi connectivity index (χ1v) is 6.35. The zero-order chi connectivity index (χ0) is 10.8. The topological polar surface area (TPSA) is 29.5 Å². The van der Waals surface area contributed by atoms with E-state index in [9.17, 15) is 4.79 Å². The molecule has 0 saturated heterocycles. The van der Waals surface area contributed by atoms with E-state index in [0.29, 0.717) is 6.61 Å². The third-order valence-corrected chi connectivity index (χ3v) is 2.97. The second-order valence-corrected chi connectivity index (χ2v) is 4.63. The largest absolute Gasteiger partial charge is 0.448 e. The fourth-order valence-corrected chi connectivity index (χ4v) is 1.76. The fourth-order valence-electron chi connectivity index (χ4n) is 0.707. The van der Waals surface area contributed by atoms with Crippen LogP contribution in [-0.2, 0) is 4.74 Å². The lowest BCUT2D eigenvalue weighted by molar-refractivity contribution is 0.141. The summed E-state index contributed by atoms with van der Waals surface area (Å²) < 4.78 is 6.23. The van der Waals surface area contributed by atoms with Gasteiger partial charge in [-0.05, 0) is 37.6 Å². The van der Waals surface area contributed by atoms with Crippen molar-refractivity contribution in [1.29, 1.82) is 0 Å². The average molecular weight is 237 g/mol. The number of thiol groups is 1. The van der Waals surface area contributed by atoms with Crippen LogP contribution in [0.15, 0.2) is 0 Å². The fraction of sp³-hybridized carbons (Fsp3) is 0.889. The Morgan fingerprint density at radius 1 is 1.36 bits per heavy atom. The Morgan fingerprint density at radius 3 is 2.57 bits per heavy atom. The van der Waals surface area contributed by atoms with Crippen LogP contribution in [0.3, 0.4) is 0 Å². The van der Waals surface area contributed by atoms with Crippen molar-refractivity contribution in [3.05, 3.63) is 0 Å². The molecule has 0 fully saturated rings. The minimum atomic E-state index is -0.358. The predicted octanol–water partition coefficient (Wildman–Crippen LogP) is 3.52. The van der Waals surface area contributed by atoms with E-state index >= 15 is 0 Å². The van der Waals surface area contributed by atoms with Crippen LogP contribution in [-0.4, -0.2) is 22.2 Å². The molecule has 0 radical (unpaired) electrons. The summed E-state index contributed by atoms with van der Waals surface area (Å²) in [6, 6.07) is 0. The lowest BCUT2D eigenvalue weighted by Crippen LogP contribution is -2.17. The van der Waals surface area contributed by atoms with Gasteiger partial charge in [-0.1, -0.05) is 26.7 Å². The zero-order valence-electron chi connectivity index (χ0n) is 8.86. The minimum absolute atomic E-state index is 0.358. The summed E-state index contributed by atoms with van der Waals surface area (Å²) in [6.07, 6.45) is 3.79. The molecule has 0 N–H and O–H groups in total. The second-order valence-electron chi connectivity index (χ2n) is 2.93. The summed E-state index contributed by atoms with van der Waals surface area (Å²) in [5, 5.41) is 0. The molecule has 84 valence electrons. The molecule has 0 aromatic rings. The van der Waals surface area contributed by atoms with Gasteiger partial charge in [-0.15, -0.1) is 0 Å². The number of unbranched alkanes of at least 4 members (excludes halogenated alkanes) is 2. The summed E-state index contributed by atoms with van der Waals surface area (Å²) in [4.78, 5) is 11.2. The first-order valence-electron chi connectivity index (χ1n) is 5.01. The van der Waals surface area contributed by atoms with E-state index in [4.69, 9.17) is 4.74 Å². The van der Waals surface area contributed by atoms with Gasteiger partial charge in [0.05, 0.1) is 6.61 Å². The quantitative estimate of drug-likeness (QED) is 0.417. The van der Waals surface area contributed by atoms with Gasteiger partial charge in [0.25, 0.3) is 0 Å². The maximum Gasteiger partial charge on any atom is 0.430 e. The van der Waals surface area contributed by atoms with Crippen LogP contribution < -0.4 is 0 Å². The highest BCUT2D eigenvalue weighted by molar-refractivity contribution is 8.06. The average Bonchev–Trinajstić information content (AvgIpc) is 2.18. The van der Waals surface area contributed by atoms with E-state index in [0.717, 1.165) is 31.4 Å². The maximum absolute atomic E-state index is 11.2. The molecule has 0 saturated carbocycles. The summed E-state index contributed by atoms with van der Waals surface area (Å²) in [7, 11) is 0. The molecule has 0 atom stereocenters. The van der Waals surface area contributed by atoms with Crippen molar-refractivity contribution in [1.82, 2.24) is 3.71 Å². The van der Waals surface area contributed by atoms with E-state index in [1.165, 1.54) is 15.7 Å². The molecular formula is C9H19NO2S2. The van der Waals surface area contributed by atoms with Crippen LogP contribution in [0.25, 0.3) is 0 Å². The molecule has 0 rings (SSSR count). The number of amides is 1. The molecule has 3 nitrogen and oxygen atoms in total.